The van der Waals surface area contributed by atoms with Crippen LogP contribution in [0.2, 0.25) is 0 Å². The Hall–Kier alpha value is -1.87. The van der Waals surface area contributed by atoms with Gasteiger partial charge >= 0.3 is 0 Å². The average molecular weight is 229 g/mol. The number of aryl methyl sites for hydroxylation is 1. The van der Waals surface area contributed by atoms with E-state index < -0.39 is 6.10 Å². The smallest absolute Gasteiger partial charge is 0.140 e. The summed E-state index contributed by atoms with van der Waals surface area (Å²) in [7, 11) is 0. The molecule has 88 valence electrons. The van der Waals surface area contributed by atoms with E-state index in [1.165, 1.54) is 0 Å². The van der Waals surface area contributed by atoms with E-state index in [2.05, 4.69) is 4.98 Å². The fourth-order valence-corrected chi connectivity index (χ4v) is 1.70. The topological polar surface area (TPSA) is 53.4 Å². The maximum atomic E-state index is 10.2. The van der Waals surface area contributed by atoms with Crippen LogP contribution in [-0.2, 0) is 6.42 Å². The number of nitrogens with zero attached hydrogens (tertiary/aromatic N) is 1. The first-order chi connectivity index (χ1) is 8.22. The molecule has 0 bridgehead atoms. The van der Waals surface area contributed by atoms with Crippen LogP contribution < -0.4 is 0 Å². The Kier molecular flexibility index (Phi) is 3.40. The maximum absolute atomic E-state index is 10.2. The van der Waals surface area contributed by atoms with Crippen molar-refractivity contribution in [1.82, 2.24) is 4.98 Å². The molecular weight excluding hydrogens is 214 g/mol. The molecule has 0 aliphatic rings. The summed E-state index contributed by atoms with van der Waals surface area (Å²) in [4.78, 5) is 4.27. The second kappa shape index (κ2) is 4.97. The van der Waals surface area contributed by atoms with Crippen LogP contribution in [0.1, 0.15) is 30.0 Å². The van der Waals surface area contributed by atoms with Gasteiger partial charge in [-0.2, -0.15) is 0 Å². The summed E-state index contributed by atoms with van der Waals surface area (Å²) in [6.07, 6.45) is -0.114. The molecule has 1 aromatic heterocycles. The van der Waals surface area contributed by atoms with Crippen molar-refractivity contribution >= 4 is 0 Å². The summed E-state index contributed by atoms with van der Waals surface area (Å²) >= 11 is 0. The van der Waals surface area contributed by atoms with Gasteiger partial charge in [0.25, 0.3) is 0 Å². The van der Waals surface area contributed by atoms with Crippen molar-refractivity contribution in [1.29, 1.82) is 0 Å². The maximum Gasteiger partial charge on any atom is 0.140 e. The second-order valence-corrected chi connectivity index (χ2v) is 3.87. The molecule has 3 heteroatoms. The zero-order valence-electron chi connectivity index (χ0n) is 9.67. The molecule has 0 saturated carbocycles. The summed E-state index contributed by atoms with van der Waals surface area (Å²) in [5.74, 6) is 0.0264. The summed E-state index contributed by atoms with van der Waals surface area (Å²) in [5.41, 5.74) is 1.90. The van der Waals surface area contributed by atoms with E-state index in [0.717, 1.165) is 17.7 Å². The van der Waals surface area contributed by atoms with E-state index >= 15 is 0 Å². The van der Waals surface area contributed by atoms with E-state index in [1.807, 2.05) is 37.3 Å². The third-order valence-electron chi connectivity index (χ3n) is 2.70. The molecule has 1 unspecified atom stereocenters. The molecule has 1 aromatic carbocycles. The van der Waals surface area contributed by atoms with Crippen LogP contribution in [0.5, 0.6) is 5.75 Å². The van der Waals surface area contributed by atoms with Crippen LogP contribution in [0.15, 0.2) is 42.5 Å². The number of aliphatic hydroxyl groups excluding tert-OH is 1. The number of hydrogen-bond donors (Lipinski definition) is 2. The predicted molar refractivity (Wildman–Crippen MR) is 65.8 cm³/mol. The first-order valence-corrected chi connectivity index (χ1v) is 5.64. The zero-order valence-corrected chi connectivity index (χ0v) is 9.67. The molecule has 0 fully saturated rings. The largest absolute Gasteiger partial charge is 0.506 e. The van der Waals surface area contributed by atoms with Crippen LogP contribution in [0.3, 0.4) is 0 Å². The van der Waals surface area contributed by atoms with Crippen LogP contribution in [-0.4, -0.2) is 15.2 Å². The van der Waals surface area contributed by atoms with E-state index in [9.17, 15) is 10.2 Å². The molecular formula is C14H15NO2. The van der Waals surface area contributed by atoms with Gasteiger partial charge in [0, 0.05) is 5.69 Å². The fourth-order valence-electron chi connectivity index (χ4n) is 1.70. The zero-order chi connectivity index (χ0) is 12.3. The Morgan fingerprint density at radius 1 is 1.12 bits per heavy atom. The fraction of sp³-hybridized carbons (Fsp3) is 0.214. The lowest BCUT2D eigenvalue weighted by Crippen LogP contribution is -2.04. The first kappa shape index (κ1) is 11.6. The number of aliphatic hydroxyl groups is 1. The van der Waals surface area contributed by atoms with Crippen molar-refractivity contribution in [3.8, 4) is 5.75 Å². The van der Waals surface area contributed by atoms with Gasteiger partial charge in [0.05, 0.1) is 0 Å². The van der Waals surface area contributed by atoms with Crippen molar-refractivity contribution in [2.45, 2.75) is 19.4 Å². The lowest BCUT2D eigenvalue weighted by atomic mass is 10.1. The van der Waals surface area contributed by atoms with Gasteiger partial charge in [-0.25, -0.2) is 0 Å². The molecule has 0 aliphatic heterocycles. The Bertz CT molecular complexity index is 497. The highest BCUT2D eigenvalue weighted by molar-refractivity contribution is 5.35. The van der Waals surface area contributed by atoms with E-state index in [4.69, 9.17) is 0 Å². The number of hydrogen-bond acceptors (Lipinski definition) is 3. The second-order valence-electron chi connectivity index (χ2n) is 3.87. The Morgan fingerprint density at radius 2 is 1.82 bits per heavy atom. The van der Waals surface area contributed by atoms with Crippen LogP contribution in [0.25, 0.3) is 0 Å². The number of pyridine rings is 1. The van der Waals surface area contributed by atoms with Gasteiger partial charge in [0.15, 0.2) is 0 Å². The molecule has 0 saturated heterocycles. The van der Waals surface area contributed by atoms with Crippen LogP contribution >= 0.6 is 0 Å². The average Bonchev–Trinajstić information content (AvgIpc) is 2.39. The van der Waals surface area contributed by atoms with Gasteiger partial charge in [-0.15, -0.1) is 0 Å². The first-order valence-electron chi connectivity index (χ1n) is 5.64. The summed E-state index contributed by atoms with van der Waals surface area (Å²) < 4.78 is 0. The minimum atomic E-state index is -0.886. The van der Waals surface area contributed by atoms with Crippen molar-refractivity contribution in [2.75, 3.05) is 0 Å². The molecule has 3 nitrogen and oxygen atoms in total. The van der Waals surface area contributed by atoms with Gasteiger partial charge in [-0.3, -0.25) is 4.98 Å². The number of aromatic hydroxyl groups is 1. The minimum Gasteiger partial charge on any atom is -0.506 e. The molecule has 0 amide bonds. The highest BCUT2D eigenvalue weighted by Crippen LogP contribution is 2.27. The minimum absolute atomic E-state index is 0.0264. The molecule has 1 atom stereocenters. The van der Waals surface area contributed by atoms with Crippen molar-refractivity contribution in [3.05, 3.63) is 59.4 Å². The van der Waals surface area contributed by atoms with Crippen molar-refractivity contribution in [2.24, 2.45) is 0 Å². The quantitative estimate of drug-likeness (QED) is 0.849. The summed E-state index contributed by atoms with van der Waals surface area (Å²) in [6, 6.07) is 12.5. The van der Waals surface area contributed by atoms with Crippen LogP contribution in [0, 0.1) is 0 Å². The Morgan fingerprint density at radius 3 is 2.47 bits per heavy atom. The van der Waals surface area contributed by atoms with Gasteiger partial charge < -0.3 is 10.2 Å². The lowest BCUT2D eigenvalue weighted by Gasteiger charge is -2.13. The Balaban J connectivity index is 2.40. The highest BCUT2D eigenvalue weighted by atomic mass is 16.3. The van der Waals surface area contributed by atoms with Gasteiger partial charge in [-0.1, -0.05) is 37.3 Å². The standard InChI is InChI=1S/C14H15NO2/c1-2-11-8-9-12(16)13(15-11)14(17)10-6-4-3-5-7-10/h3-9,14,16-17H,2H2,1H3. The molecule has 2 N–H and O–H groups in total. The van der Waals surface area contributed by atoms with Crippen molar-refractivity contribution < 1.29 is 10.2 Å². The van der Waals surface area contributed by atoms with Gasteiger partial charge in [-0.05, 0) is 24.1 Å². The molecule has 0 radical (unpaired) electrons. The van der Waals surface area contributed by atoms with Crippen molar-refractivity contribution in [3.63, 3.8) is 0 Å². The van der Waals surface area contributed by atoms with Gasteiger partial charge in [0.2, 0.25) is 0 Å². The van der Waals surface area contributed by atoms with Crippen LogP contribution in [0.4, 0.5) is 0 Å². The summed E-state index contributed by atoms with van der Waals surface area (Å²) in [6.45, 7) is 1.98. The van der Waals surface area contributed by atoms with E-state index in [1.54, 1.807) is 12.1 Å². The number of benzene rings is 1. The monoisotopic (exact) mass is 229 g/mol. The molecule has 2 aromatic rings. The summed E-state index contributed by atoms with van der Waals surface area (Å²) in [5, 5.41) is 19.9. The SMILES string of the molecule is CCc1ccc(O)c(C(O)c2ccccc2)n1. The predicted octanol–water partition coefficient (Wildman–Crippen LogP) is 2.43. The lowest BCUT2D eigenvalue weighted by molar-refractivity contribution is 0.210. The molecule has 0 aliphatic carbocycles. The molecule has 17 heavy (non-hydrogen) atoms. The Labute approximate surface area is 100 Å². The normalized spacial score (nSPS) is 12.4. The van der Waals surface area contributed by atoms with E-state index in [0.29, 0.717) is 5.69 Å². The third kappa shape index (κ3) is 2.45. The van der Waals surface area contributed by atoms with Gasteiger partial charge in [0.1, 0.15) is 17.5 Å². The molecule has 2 rings (SSSR count). The third-order valence-corrected chi connectivity index (χ3v) is 2.70. The van der Waals surface area contributed by atoms with E-state index in [-0.39, 0.29) is 5.75 Å². The molecule has 0 spiro atoms. The molecule has 1 heterocycles. The highest BCUT2D eigenvalue weighted by Gasteiger charge is 2.16. The number of aromatic nitrogens is 1. The number of rotatable bonds is 3.